The molecular weight excluding hydrogens is 216 g/mol. The molecule has 0 aromatic carbocycles. The van der Waals surface area contributed by atoms with Crippen molar-refractivity contribution in [1.82, 2.24) is 4.98 Å². The number of nitriles is 1. The summed E-state index contributed by atoms with van der Waals surface area (Å²) < 4.78 is 26.1. The molecule has 5 nitrogen and oxygen atoms in total. The van der Waals surface area contributed by atoms with Gasteiger partial charge in [0.05, 0.1) is 12.9 Å². The Hall–Kier alpha value is -1.45. The zero-order valence-corrected chi connectivity index (χ0v) is 9.21. The molecule has 1 aromatic rings. The van der Waals surface area contributed by atoms with Crippen LogP contribution in [-0.2, 0) is 20.9 Å². The molecule has 0 saturated carbocycles. The van der Waals surface area contributed by atoms with Gasteiger partial charge in [-0.1, -0.05) is 0 Å². The maximum Gasteiger partial charge on any atom is 0.264 e. The molecule has 0 aliphatic heterocycles. The Balaban J connectivity index is 2.87. The minimum atomic E-state index is -3.46. The third kappa shape index (κ3) is 4.06. The highest BCUT2D eigenvalue weighted by Crippen LogP contribution is 2.07. The number of rotatable bonds is 3. The molecule has 0 N–H and O–H groups in total. The fourth-order valence-corrected chi connectivity index (χ4v) is 1.41. The number of aromatic nitrogens is 1. The molecule has 80 valence electrons. The van der Waals surface area contributed by atoms with E-state index in [1.165, 1.54) is 6.07 Å². The average molecular weight is 226 g/mol. The third-order valence-electron chi connectivity index (χ3n) is 1.57. The maximum atomic E-state index is 10.7. The fraction of sp³-hybridized carbons (Fsp3) is 0.333. The van der Waals surface area contributed by atoms with Gasteiger partial charge < -0.3 is 0 Å². The summed E-state index contributed by atoms with van der Waals surface area (Å²) >= 11 is 0. The molecule has 1 rings (SSSR count). The molecule has 0 amide bonds. The van der Waals surface area contributed by atoms with E-state index in [2.05, 4.69) is 9.17 Å². The summed E-state index contributed by atoms with van der Waals surface area (Å²) in [5.41, 5.74) is 1.52. The van der Waals surface area contributed by atoms with Gasteiger partial charge in [-0.3, -0.25) is 4.18 Å². The molecule has 0 atom stereocenters. The van der Waals surface area contributed by atoms with Crippen molar-refractivity contribution in [3.8, 4) is 6.07 Å². The van der Waals surface area contributed by atoms with Crippen molar-refractivity contribution in [2.24, 2.45) is 0 Å². The van der Waals surface area contributed by atoms with Gasteiger partial charge in [-0.25, -0.2) is 4.98 Å². The second-order valence-corrected chi connectivity index (χ2v) is 4.72. The average Bonchev–Trinajstić information content (AvgIpc) is 2.13. The summed E-state index contributed by atoms with van der Waals surface area (Å²) in [6.45, 7) is 1.65. The van der Waals surface area contributed by atoms with E-state index in [0.29, 0.717) is 11.3 Å². The normalized spacial score (nSPS) is 11.0. The van der Waals surface area contributed by atoms with Crippen LogP contribution < -0.4 is 0 Å². The van der Waals surface area contributed by atoms with Crippen LogP contribution in [-0.4, -0.2) is 19.7 Å². The fourth-order valence-electron chi connectivity index (χ4n) is 1.06. The summed E-state index contributed by atoms with van der Waals surface area (Å²) in [4.78, 5) is 3.93. The van der Waals surface area contributed by atoms with Gasteiger partial charge in [-0.05, 0) is 24.6 Å². The molecule has 0 aliphatic carbocycles. The predicted molar refractivity (Wildman–Crippen MR) is 53.3 cm³/mol. The van der Waals surface area contributed by atoms with Crippen molar-refractivity contribution >= 4 is 10.1 Å². The van der Waals surface area contributed by atoms with E-state index in [1.54, 1.807) is 13.0 Å². The van der Waals surface area contributed by atoms with Crippen LogP contribution in [0.3, 0.4) is 0 Å². The number of hydrogen-bond donors (Lipinski definition) is 0. The standard InChI is InChI=1S/C9H10N2O3S/c1-7-3-8(4-9(5-10)11-7)6-14-15(2,12)13/h3-4H,6H2,1-2H3. The lowest BCUT2D eigenvalue weighted by Crippen LogP contribution is -2.03. The zero-order valence-electron chi connectivity index (χ0n) is 8.39. The number of hydrogen-bond acceptors (Lipinski definition) is 5. The van der Waals surface area contributed by atoms with E-state index < -0.39 is 10.1 Å². The van der Waals surface area contributed by atoms with Crippen molar-refractivity contribution in [3.63, 3.8) is 0 Å². The van der Waals surface area contributed by atoms with Crippen molar-refractivity contribution < 1.29 is 12.6 Å². The monoisotopic (exact) mass is 226 g/mol. The Labute approximate surface area is 88.5 Å². The van der Waals surface area contributed by atoms with E-state index in [0.717, 1.165) is 6.26 Å². The molecule has 6 heteroatoms. The number of pyridine rings is 1. The molecule has 0 bridgehead atoms. The highest BCUT2D eigenvalue weighted by molar-refractivity contribution is 7.85. The minimum Gasteiger partial charge on any atom is -0.265 e. The van der Waals surface area contributed by atoms with Gasteiger partial charge in [0.2, 0.25) is 0 Å². The molecular formula is C9H10N2O3S. The Morgan fingerprint density at radius 1 is 1.53 bits per heavy atom. The van der Waals surface area contributed by atoms with Crippen molar-refractivity contribution in [1.29, 1.82) is 5.26 Å². The van der Waals surface area contributed by atoms with Crippen LogP contribution in [0.4, 0.5) is 0 Å². The Kier molecular flexibility index (Phi) is 3.39. The first-order valence-corrected chi connectivity index (χ1v) is 5.94. The van der Waals surface area contributed by atoms with E-state index >= 15 is 0 Å². The van der Waals surface area contributed by atoms with Crippen LogP contribution in [0.1, 0.15) is 17.0 Å². The first-order valence-electron chi connectivity index (χ1n) is 4.13. The van der Waals surface area contributed by atoms with Gasteiger partial charge in [0, 0.05) is 5.69 Å². The van der Waals surface area contributed by atoms with Crippen molar-refractivity contribution in [3.05, 3.63) is 29.1 Å². The molecule has 1 heterocycles. The smallest absolute Gasteiger partial charge is 0.264 e. The van der Waals surface area contributed by atoms with Gasteiger partial charge in [0.15, 0.2) is 0 Å². The first-order chi connectivity index (χ1) is 6.90. The lowest BCUT2D eigenvalue weighted by atomic mass is 10.2. The van der Waals surface area contributed by atoms with Gasteiger partial charge in [0.1, 0.15) is 11.8 Å². The van der Waals surface area contributed by atoms with Crippen LogP contribution in [0.5, 0.6) is 0 Å². The number of nitrogens with zero attached hydrogens (tertiary/aromatic N) is 2. The minimum absolute atomic E-state index is 0.0725. The van der Waals surface area contributed by atoms with Crippen molar-refractivity contribution in [2.75, 3.05) is 6.26 Å². The van der Waals surface area contributed by atoms with Crippen LogP contribution in [0, 0.1) is 18.3 Å². The van der Waals surface area contributed by atoms with Gasteiger partial charge in [0.25, 0.3) is 10.1 Å². The van der Waals surface area contributed by atoms with Crippen LogP contribution in [0.2, 0.25) is 0 Å². The van der Waals surface area contributed by atoms with Gasteiger partial charge in [-0.15, -0.1) is 0 Å². The van der Waals surface area contributed by atoms with E-state index in [1.807, 2.05) is 6.07 Å². The highest BCUT2D eigenvalue weighted by atomic mass is 32.2. The summed E-state index contributed by atoms with van der Waals surface area (Å²) in [6, 6.07) is 5.06. The van der Waals surface area contributed by atoms with Crippen LogP contribution in [0.25, 0.3) is 0 Å². The van der Waals surface area contributed by atoms with Crippen LogP contribution >= 0.6 is 0 Å². The highest BCUT2D eigenvalue weighted by Gasteiger charge is 2.04. The second kappa shape index (κ2) is 4.38. The molecule has 1 aromatic heterocycles. The van der Waals surface area contributed by atoms with Crippen LogP contribution in [0.15, 0.2) is 12.1 Å². The summed E-state index contributed by atoms with van der Waals surface area (Å²) in [6.07, 6.45) is 0.978. The quantitative estimate of drug-likeness (QED) is 0.710. The van der Waals surface area contributed by atoms with E-state index in [4.69, 9.17) is 5.26 Å². The lowest BCUT2D eigenvalue weighted by Gasteiger charge is -2.02. The Bertz CT molecular complexity index is 503. The molecule has 0 saturated heterocycles. The molecule has 0 spiro atoms. The Morgan fingerprint density at radius 3 is 2.73 bits per heavy atom. The zero-order chi connectivity index (χ0) is 11.5. The molecule has 15 heavy (non-hydrogen) atoms. The second-order valence-electron chi connectivity index (χ2n) is 3.08. The third-order valence-corrected chi connectivity index (χ3v) is 2.11. The maximum absolute atomic E-state index is 10.7. The largest absolute Gasteiger partial charge is 0.265 e. The lowest BCUT2D eigenvalue weighted by molar-refractivity contribution is 0.311. The molecule has 0 radical (unpaired) electrons. The molecule has 0 aliphatic rings. The first kappa shape index (κ1) is 11.6. The van der Waals surface area contributed by atoms with Crippen molar-refractivity contribution in [2.45, 2.75) is 13.5 Å². The number of aryl methyl sites for hydroxylation is 1. The summed E-state index contributed by atoms with van der Waals surface area (Å²) in [5, 5.41) is 8.64. The van der Waals surface area contributed by atoms with Gasteiger partial charge >= 0.3 is 0 Å². The Morgan fingerprint density at radius 2 is 2.20 bits per heavy atom. The molecule has 0 fully saturated rings. The SMILES string of the molecule is Cc1cc(COS(C)(=O)=O)cc(C#N)n1. The van der Waals surface area contributed by atoms with Gasteiger partial charge in [-0.2, -0.15) is 13.7 Å². The van der Waals surface area contributed by atoms with E-state index in [-0.39, 0.29) is 12.3 Å². The summed E-state index contributed by atoms with van der Waals surface area (Å²) in [7, 11) is -3.46. The summed E-state index contributed by atoms with van der Waals surface area (Å²) in [5.74, 6) is 0. The molecule has 0 unspecified atom stereocenters. The van der Waals surface area contributed by atoms with E-state index in [9.17, 15) is 8.42 Å². The predicted octanol–water partition coefficient (Wildman–Crippen LogP) is 0.738. The topological polar surface area (TPSA) is 80.0 Å².